The fraction of sp³-hybridized carbons (Fsp3) is 0.464. The molecular formula is C28H32F3N5O3S2. The van der Waals surface area contributed by atoms with Gasteiger partial charge in [0, 0.05) is 63.8 Å². The molecule has 2 amide bonds. The van der Waals surface area contributed by atoms with E-state index in [1.54, 1.807) is 9.80 Å². The number of hydrogen-bond acceptors (Lipinski definition) is 7. The van der Waals surface area contributed by atoms with Crippen LogP contribution < -0.4 is 11.1 Å². The molecule has 2 fully saturated rings. The Balaban J connectivity index is 1.61. The van der Waals surface area contributed by atoms with Gasteiger partial charge in [0.25, 0.3) is 0 Å². The average molecular weight is 608 g/mol. The maximum Gasteiger partial charge on any atom is 0.417 e. The number of amides is 2. The summed E-state index contributed by atoms with van der Waals surface area (Å²) < 4.78 is 50.3. The SMILES string of the molecule is C=CC(=O)N1[C@H](C)CN(C(=N)c2cc(C(F)(F)F)c(-c3cc(C(N)=O)cs3)c3c2NCC(OC2CC2)CS3)C[C@@H]1C. The molecule has 0 spiro atoms. The molecule has 1 aromatic carbocycles. The second-order valence-corrected chi connectivity index (χ2v) is 12.6. The number of nitrogens with two attached hydrogens (primary N) is 1. The Kier molecular flexibility index (Phi) is 8.14. The van der Waals surface area contributed by atoms with Gasteiger partial charge in [-0.1, -0.05) is 6.58 Å². The van der Waals surface area contributed by atoms with E-state index in [-0.39, 0.29) is 70.7 Å². The Bertz CT molecular complexity index is 1380. The number of alkyl halides is 3. The smallest absolute Gasteiger partial charge is 0.381 e. The van der Waals surface area contributed by atoms with Crippen molar-refractivity contribution in [3.63, 3.8) is 0 Å². The Labute approximate surface area is 244 Å². The first-order valence-electron chi connectivity index (χ1n) is 13.4. The van der Waals surface area contributed by atoms with Gasteiger partial charge in [-0.05, 0) is 44.9 Å². The van der Waals surface area contributed by atoms with Gasteiger partial charge < -0.3 is 25.6 Å². The standard InChI is InChI=1S/C28H32F3N5O3S2/c1-4-22(37)36-14(2)10-35(11-15(36)3)26(32)19-8-20(28(29,30)31)23(21-7-16(12-40-21)27(33)38)25-24(19)34-9-18(13-41-25)39-17-5-6-17/h4,7-8,12,14-15,17-18,32,34H,1,5-6,9-11,13H2,2-3H3,(H2,33,38)/t14-,15+,18?. The largest absolute Gasteiger partial charge is 0.417 e. The van der Waals surface area contributed by atoms with Crippen molar-refractivity contribution in [2.45, 2.75) is 62.1 Å². The van der Waals surface area contributed by atoms with E-state index >= 15 is 0 Å². The van der Waals surface area contributed by atoms with Gasteiger partial charge in [-0.3, -0.25) is 15.0 Å². The van der Waals surface area contributed by atoms with Crippen LogP contribution in [0.15, 0.2) is 35.1 Å². The predicted molar refractivity (Wildman–Crippen MR) is 155 cm³/mol. The molecule has 1 unspecified atom stereocenters. The second-order valence-electron chi connectivity index (χ2n) is 10.7. The van der Waals surface area contributed by atoms with E-state index in [0.717, 1.165) is 30.2 Å². The first kappa shape index (κ1) is 29.5. The monoisotopic (exact) mass is 607 g/mol. The summed E-state index contributed by atoms with van der Waals surface area (Å²) in [6.07, 6.45) is -1.60. The second kappa shape index (κ2) is 11.3. The van der Waals surface area contributed by atoms with Crippen molar-refractivity contribution in [1.29, 1.82) is 5.41 Å². The molecular weight excluding hydrogens is 575 g/mol. The molecule has 8 nitrogen and oxygen atoms in total. The number of ether oxygens (including phenoxy) is 1. The van der Waals surface area contributed by atoms with Crippen LogP contribution in [0.3, 0.4) is 0 Å². The number of benzene rings is 1. The minimum atomic E-state index is -4.73. The zero-order valence-corrected chi connectivity index (χ0v) is 24.3. The minimum absolute atomic E-state index is 0.0331. The van der Waals surface area contributed by atoms with Crippen LogP contribution >= 0.6 is 23.1 Å². The van der Waals surface area contributed by atoms with Crippen molar-refractivity contribution in [3.05, 3.63) is 46.9 Å². The van der Waals surface area contributed by atoms with Gasteiger partial charge in [-0.25, -0.2) is 0 Å². The molecule has 3 heterocycles. The van der Waals surface area contributed by atoms with Crippen LogP contribution in [-0.4, -0.2) is 77.1 Å². The van der Waals surface area contributed by atoms with Gasteiger partial charge >= 0.3 is 6.18 Å². The molecule has 1 saturated carbocycles. The number of anilines is 1. The number of nitrogens with one attached hydrogen (secondary N) is 2. The van der Waals surface area contributed by atoms with Crippen molar-refractivity contribution in [1.82, 2.24) is 9.80 Å². The van der Waals surface area contributed by atoms with Gasteiger partial charge in [0.1, 0.15) is 5.84 Å². The highest BCUT2D eigenvalue weighted by Crippen LogP contribution is 2.50. The van der Waals surface area contributed by atoms with Crippen LogP contribution in [0.4, 0.5) is 18.9 Å². The Hall–Kier alpha value is -3.03. The van der Waals surface area contributed by atoms with Crippen LogP contribution in [0.5, 0.6) is 0 Å². The van der Waals surface area contributed by atoms with Gasteiger partial charge in [0.05, 0.1) is 29.0 Å². The molecule has 3 atom stereocenters. The van der Waals surface area contributed by atoms with E-state index < -0.39 is 17.6 Å². The zero-order valence-electron chi connectivity index (χ0n) is 22.7. The van der Waals surface area contributed by atoms with Gasteiger partial charge in [0.15, 0.2) is 0 Å². The summed E-state index contributed by atoms with van der Waals surface area (Å²) >= 11 is 2.29. The van der Waals surface area contributed by atoms with Crippen molar-refractivity contribution in [2.24, 2.45) is 5.73 Å². The van der Waals surface area contributed by atoms with Gasteiger partial charge in [-0.15, -0.1) is 23.1 Å². The molecule has 0 bridgehead atoms. The molecule has 3 aliphatic rings. The van der Waals surface area contributed by atoms with Crippen LogP contribution in [0, 0.1) is 5.41 Å². The first-order valence-corrected chi connectivity index (χ1v) is 15.2. The van der Waals surface area contributed by atoms with E-state index in [9.17, 15) is 22.8 Å². The lowest BCUT2D eigenvalue weighted by molar-refractivity contribution is -0.137. The molecule has 13 heteroatoms. The van der Waals surface area contributed by atoms with E-state index in [0.29, 0.717) is 22.9 Å². The summed E-state index contributed by atoms with van der Waals surface area (Å²) in [5.74, 6) is -0.560. The third-order valence-corrected chi connectivity index (χ3v) is 9.65. The maximum absolute atomic E-state index is 14.7. The molecule has 5 rings (SSSR count). The minimum Gasteiger partial charge on any atom is -0.381 e. The number of primary amides is 1. The van der Waals surface area contributed by atoms with Crippen LogP contribution in [0.2, 0.25) is 0 Å². The Morgan fingerprint density at radius 1 is 1.20 bits per heavy atom. The van der Waals surface area contributed by atoms with Crippen LogP contribution in [0.1, 0.15) is 48.2 Å². The Morgan fingerprint density at radius 2 is 1.88 bits per heavy atom. The number of nitrogens with zero attached hydrogens (tertiary/aromatic N) is 2. The molecule has 220 valence electrons. The summed E-state index contributed by atoms with van der Waals surface area (Å²) in [6.45, 7) is 8.22. The fourth-order valence-electron chi connectivity index (χ4n) is 5.46. The normalized spacial score (nSPS) is 22.9. The lowest BCUT2D eigenvalue weighted by atomic mass is 9.97. The fourth-order valence-corrected chi connectivity index (χ4v) is 7.73. The molecule has 1 aromatic heterocycles. The average Bonchev–Trinajstić information content (AvgIpc) is 3.64. The number of carbonyl (C=O) groups is 2. The number of amidine groups is 1. The highest BCUT2D eigenvalue weighted by atomic mass is 32.2. The van der Waals surface area contributed by atoms with E-state index in [4.69, 9.17) is 15.9 Å². The summed E-state index contributed by atoms with van der Waals surface area (Å²) in [7, 11) is 0. The van der Waals surface area contributed by atoms with Gasteiger partial charge in [0.2, 0.25) is 11.8 Å². The number of fused-ring (bicyclic) bond motifs is 1. The number of carbonyl (C=O) groups excluding carboxylic acids is 2. The zero-order chi connectivity index (χ0) is 29.6. The first-order chi connectivity index (χ1) is 19.4. The van der Waals surface area contributed by atoms with Crippen molar-refractivity contribution in [2.75, 3.05) is 30.7 Å². The quantitative estimate of drug-likeness (QED) is 0.241. The predicted octanol–water partition coefficient (Wildman–Crippen LogP) is 5.03. The number of rotatable bonds is 6. The van der Waals surface area contributed by atoms with E-state index in [2.05, 4.69) is 11.9 Å². The van der Waals surface area contributed by atoms with E-state index in [1.807, 2.05) is 13.8 Å². The number of thioether (sulfide) groups is 1. The summed E-state index contributed by atoms with van der Waals surface area (Å²) in [5.41, 5.74) is 5.20. The number of piperazine rings is 1. The Morgan fingerprint density at radius 3 is 2.44 bits per heavy atom. The summed E-state index contributed by atoms with van der Waals surface area (Å²) in [5, 5.41) is 13.9. The highest BCUT2D eigenvalue weighted by molar-refractivity contribution is 7.99. The van der Waals surface area contributed by atoms with Crippen LogP contribution in [0.25, 0.3) is 10.4 Å². The topological polar surface area (TPSA) is 112 Å². The molecule has 1 aliphatic carbocycles. The number of hydrogen-bond donors (Lipinski definition) is 3. The lowest BCUT2D eigenvalue weighted by Gasteiger charge is -2.45. The van der Waals surface area contributed by atoms with Crippen molar-refractivity contribution in [3.8, 4) is 10.4 Å². The maximum atomic E-state index is 14.7. The van der Waals surface area contributed by atoms with E-state index in [1.165, 1.54) is 29.3 Å². The third kappa shape index (κ3) is 5.98. The van der Waals surface area contributed by atoms with Crippen molar-refractivity contribution >= 4 is 46.4 Å². The molecule has 41 heavy (non-hydrogen) atoms. The molecule has 0 radical (unpaired) electrons. The van der Waals surface area contributed by atoms with Crippen LogP contribution in [-0.2, 0) is 15.7 Å². The number of thiophene rings is 1. The molecule has 2 aromatic rings. The summed E-state index contributed by atoms with van der Waals surface area (Å²) in [4.78, 5) is 28.2. The highest BCUT2D eigenvalue weighted by Gasteiger charge is 2.41. The third-order valence-electron chi connectivity index (χ3n) is 7.47. The molecule has 4 N–H and O–H groups in total. The van der Waals surface area contributed by atoms with Crippen molar-refractivity contribution < 1.29 is 27.5 Å². The number of halogens is 3. The lowest BCUT2D eigenvalue weighted by Crippen LogP contribution is -2.59. The molecule has 2 aliphatic heterocycles. The molecule has 1 saturated heterocycles. The summed E-state index contributed by atoms with van der Waals surface area (Å²) in [6, 6.07) is 1.88. The van der Waals surface area contributed by atoms with Gasteiger partial charge in [-0.2, -0.15) is 13.2 Å².